The van der Waals surface area contributed by atoms with Crippen LogP contribution in [0.5, 0.6) is 0 Å². The van der Waals surface area contributed by atoms with Crippen LogP contribution in [0.3, 0.4) is 0 Å². The number of nitrogens with zero attached hydrogens (tertiary/aromatic N) is 2. The van der Waals surface area contributed by atoms with Gasteiger partial charge < -0.3 is 10.4 Å². The molecule has 1 aliphatic rings. The van der Waals surface area contributed by atoms with Crippen molar-refractivity contribution in [1.82, 2.24) is 9.80 Å². The number of carbonyl (C=O) groups excluding carboxylic acids is 1. The fourth-order valence-electron chi connectivity index (χ4n) is 3.34. The maximum Gasteiger partial charge on any atom is 0.317 e. The molecule has 1 saturated heterocycles. The molecule has 0 aliphatic carbocycles. The van der Waals surface area contributed by atoms with Crippen LogP contribution in [-0.4, -0.2) is 65.5 Å². The number of rotatable bonds is 7. The lowest BCUT2D eigenvalue weighted by molar-refractivity contribution is -0.139. The van der Waals surface area contributed by atoms with E-state index in [2.05, 4.69) is 17.1 Å². The second-order valence-electron chi connectivity index (χ2n) is 6.81. The van der Waals surface area contributed by atoms with Crippen molar-refractivity contribution < 1.29 is 14.7 Å². The summed E-state index contributed by atoms with van der Waals surface area (Å²) in [5.41, 5.74) is 3.21. The van der Waals surface area contributed by atoms with Gasteiger partial charge in [-0.25, -0.2) is 0 Å². The smallest absolute Gasteiger partial charge is 0.317 e. The zero-order chi connectivity index (χ0) is 18.4. The first-order valence-electron chi connectivity index (χ1n) is 8.94. The molecule has 25 heavy (non-hydrogen) atoms. The molecule has 0 radical (unpaired) electrons. The zero-order valence-electron chi connectivity index (χ0n) is 15.4. The van der Waals surface area contributed by atoms with Crippen molar-refractivity contribution in [2.24, 2.45) is 0 Å². The number of piperidine rings is 1. The average molecular weight is 347 g/mol. The maximum absolute atomic E-state index is 12.3. The van der Waals surface area contributed by atoms with E-state index in [0.29, 0.717) is 12.6 Å². The first-order valence-corrected chi connectivity index (χ1v) is 8.94. The number of nitrogens with one attached hydrogen (secondary N) is 1. The summed E-state index contributed by atoms with van der Waals surface area (Å²) in [5.74, 6) is -0.781. The van der Waals surface area contributed by atoms with Gasteiger partial charge in [-0.15, -0.1) is 0 Å². The highest BCUT2D eigenvalue weighted by molar-refractivity contribution is 5.92. The topological polar surface area (TPSA) is 72.9 Å². The van der Waals surface area contributed by atoms with E-state index in [-0.39, 0.29) is 12.5 Å². The number of anilines is 1. The molecule has 1 aromatic carbocycles. The molecule has 0 spiro atoms. The summed E-state index contributed by atoms with van der Waals surface area (Å²) in [7, 11) is 0. The van der Waals surface area contributed by atoms with Crippen molar-refractivity contribution in [2.45, 2.75) is 39.7 Å². The van der Waals surface area contributed by atoms with Gasteiger partial charge in [0.05, 0.1) is 13.1 Å². The minimum atomic E-state index is -0.781. The number of benzene rings is 1. The van der Waals surface area contributed by atoms with Gasteiger partial charge in [-0.3, -0.25) is 19.4 Å². The van der Waals surface area contributed by atoms with Crippen molar-refractivity contribution in [3.63, 3.8) is 0 Å². The van der Waals surface area contributed by atoms with Gasteiger partial charge in [-0.1, -0.05) is 13.0 Å². The van der Waals surface area contributed by atoms with E-state index in [1.54, 1.807) is 0 Å². The van der Waals surface area contributed by atoms with Crippen LogP contribution in [-0.2, 0) is 9.59 Å². The Hall–Kier alpha value is -1.92. The first kappa shape index (κ1) is 19.4. The Kier molecular flexibility index (Phi) is 6.96. The molecule has 1 heterocycles. The van der Waals surface area contributed by atoms with E-state index in [1.165, 1.54) is 5.56 Å². The number of likely N-dealkylation sites (tertiary alicyclic amines) is 1. The third kappa shape index (κ3) is 5.83. The first-order chi connectivity index (χ1) is 11.9. The van der Waals surface area contributed by atoms with Crippen molar-refractivity contribution in [1.29, 1.82) is 0 Å². The summed E-state index contributed by atoms with van der Waals surface area (Å²) in [5, 5.41) is 11.9. The summed E-state index contributed by atoms with van der Waals surface area (Å²) in [6.45, 7) is 8.93. The molecule has 0 atom stereocenters. The van der Waals surface area contributed by atoms with Crippen LogP contribution < -0.4 is 5.32 Å². The van der Waals surface area contributed by atoms with Crippen LogP contribution in [0.15, 0.2) is 18.2 Å². The van der Waals surface area contributed by atoms with Crippen LogP contribution >= 0.6 is 0 Å². The largest absolute Gasteiger partial charge is 0.480 e. The Morgan fingerprint density at radius 1 is 1.24 bits per heavy atom. The molecule has 0 unspecified atom stereocenters. The number of aliphatic carboxylic acids is 1. The summed E-state index contributed by atoms with van der Waals surface area (Å²) < 4.78 is 0. The molecule has 6 heteroatoms. The Bertz CT molecular complexity index is 610. The lowest BCUT2D eigenvalue weighted by Gasteiger charge is -2.37. The van der Waals surface area contributed by atoms with E-state index < -0.39 is 5.97 Å². The predicted octanol–water partition coefficient (Wildman–Crippen LogP) is 2.11. The van der Waals surface area contributed by atoms with E-state index in [0.717, 1.165) is 43.7 Å². The van der Waals surface area contributed by atoms with Crippen LogP contribution in [0.25, 0.3) is 0 Å². The predicted molar refractivity (Wildman–Crippen MR) is 98.9 cm³/mol. The van der Waals surface area contributed by atoms with Crippen LogP contribution in [0.4, 0.5) is 5.69 Å². The van der Waals surface area contributed by atoms with E-state index in [4.69, 9.17) is 5.11 Å². The Balaban J connectivity index is 1.79. The molecule has 1 amide bonds. The Morgan fingerprint density at radius 3 is 2.48 bits per heavy atom. The molecule has 138 valence electrons. The Morgan fingerprint density at radius 2 is 1.92 bits per heavy atom. The summed E-state index contributed by atoms with van der Waals surface area (Å²) in [4.78, 5) is 27.3. The lowest BCUT2D eigenvalue weighted by atomic mass is 10.0. The number of aryl methyl sites for hydroxylation is 2. The highest BCUT2D eigenvalue weighted by atomic mass is 16.4. The number of carboxylic acid groups (broad SMARTS) is 1. The van der Waals surface area contributed by atoms with Crippen molar-refractivity contribution in [3.05, 3.63) is 29.3 Å². The molecule has 0 bridgehead atoms. The van der Waals surface area contributed by atoms with Crippen molar-refractivity contribution in [2.75, 3.05) is 38.0 Å². The standard InChI is InChI=1S/C19H29N3O3/c1-4-22(13-19(24)25)17-7-9-21(10-8-17)12-18(23)20-16-6-5-14(2)15(3)11-16/h5-6,11,17H,4,7-10,12-13H2,1-3H3,(H,20,23)(H,24,25). The van der Waals surface area contributed by atoms with Gasteiger partial charge >= 0.3 is 5.97 Å². The quantitative estimate of drug-likeness (QED) is 0.790. The lowest BCUT2D eigenvalue weighted by Crippen LogP contribution is -2.48. The number of carboxylic acids is 1. The molecule has 1 fully saturated rings. The van der Waals surface area contributed by atoms with Gasteiger partial charge in [0, 0.05) is 24.8 Å². The van der Waals surface area contributed by atoms with Crippen LogP contribution in [0.2, 0.25) is 0 Å². The number of hydrogen-bond donors (Lipinski definition) is 2. The molecule has 0 saturated carbocycles. The van der Waals surface area contributed by atoms with Crippen molar-refractivity contribution in [3.8, 4) is 0 Å². The normalized spacial score (nSPS) is 16.2. The number of likely N-dealkylation sites (N-methyl/N-ethyl adjacent to an activating group) is 1. The fraction of sp³-hybridized carbons (Fsp3) is 0.579. The number of carbonyl (C=O) groups is 2. The fourth-order valence-corrected chi connectivity index (χ4v) is 3.34. The van der Waals surface area contributed by atoms with Gasteiger partial charge in [-0.05, 0) is 56.5 Å². The minimum Gasteiger partial charge on any atom is -0.480 e. The summed E-state index contributed by atoms with van der Waals surface area (Å²) >= 11 is 0. The second kappa shape index (κ2) is 8.97. The number of amides is 1. The Labute approximate surface area is 149 Å². The molecule has 1 aliphatic heterocycles. The summed E-state index contributed by atoms with van der Waals surface area (Å²) in [6, 6.07) is 6.22. The molecule has 0 aromatic heterocycles. The molecule has 1 aromatic rings. The summed E-state index contributed by atoms with van der Waals surface area (Å²) in [6.07, 6.45) is 1.80. The van der Waals surface area contributed by atoms with E-state index in [9.17, 15) is 9.59 Å². The van der Waals surface area contributed by atoms with Gasteiger partial charge in [0.15, 0.2) is 0 Å². The minimum absolute atomic E-state index is 0.000383. The van der Waals surface area contributed by atoms with E-state index in [1.807, 2.05) is 36.9 Å². The van der Waals surface area contributed by atoms with Gasteiger partial charge in [-0.2, -0.15) is 0 Å². The van der Waals surface area contributed by atoms with Crippen LogP contribution in [0.1, 0.15) is 30.9 Å². The molecule has 6 nitrogen and oxygen atoms in total. The maximum atomic E-state index is 12.3. The second-order valence-corrected chi connectivity index (χ2v) is 6.81. The highest BCUT2D eigenvalue weighted by Gasteiger charge is 2.25. The zero-order valence-corrected chi connectivity index (χ0v) is 15.4. The SMILES string of the molecule is CCN(CC(=O)O)C1CCN(CC(=O)Nc2ccc(C)c(C)c2)CC1. The average Bonchev–Trinajstić information content (AvgIpc) is 2.56. The van der Waals surface area contributed by atoms with E-state index >= 15 is 0 Å². The molecule has 2 N–H and O–H groups in total. The van der Waals surface area contributed by atoms with Gasteiger partial charge in [0.25, 0.3) is 0 Å². The third-order valence-corrected chi connectivity index (χ3v) is 4.98. The molecular formula is C19H29N3O3. The highest BCUT2D eigenvalue weighted by Crippen LogP contribution is 2.17. The third-order valence-electron chi connectivity index (χ3n) is 4.98. The van der Waals surface area contributed by atoms with Gasteiger partial charge in [0.1, 0.15) is 0 Å². The van der Waals surface area contributed by atoms with Crippen LogP contribution in [0, 0.1) is 13.8 Å². The molecular weight excluding hydrogens is 318 g/mol. The number of hydrogen-bond acceptors (Lipinski definition) is 4. The molecule has 2 rings (SSSR count). The van der Waals surface area contributed by atoms with Crippen molar-refractivity contribution >= 4 is 17.6 Å². The van der Waals surface area contributed by atoms with Gasteiger partial charge in [0.2, 0.25) is 5.91 Å². The monoisotopic (exact) mass is 347 g/mol.